The van der Waals surface area contributed by atoms with Crippen molar-refractivity contribution in [2.75, 3.05) is 11.9 Å². The average Bonchev–Trinajstić information content (AvgIpc) is 2.48. The second-order valence-corrected chi connectivity index (χ2v) is 5.21. The average molecular weight is 373 g/mol. The number of carbonyl (C=O) groups excluding carboxylic acids is 2. The number of ether oxygens (including phenoxy) is 1. The molecule has 0 spiro atoms. The van der Waals surface area contributed by atoms with Crippen molar-refractivity contribution in [1.82, 2.24) is 0 Å². The summed E-state index contributed by atoms with van der Waals surface area (Å²) in [6.45, 7) is 1.86. The first kappa shape index (κ1) is 13.9. The Labute approximate surface area is 123 Å². The lowest BCUT2D eigenvalue weighted by molar-refractivity contribution is -0.139. The third kappa shape index (κ3) is 2.89. The van der Waals surface area contributed by atoms with Gasteiger partial charge in [0.1, 0.15) is 5.76 Å². The highest BCUT2D eigenvalue weighted by atomic mass is 127. The summed E-state index contributed by atoms with van der Waals surface area (Å²) in [5.74, 6) is -1.22. The van der Waals surface area contributed by atoms with Crippen LogP contribution in [0, 0.1) is 3.57 Å². The lowest BCUT2D eigenvalue weighted by atomic mass is 10.1. The molecule has 2 rings (SSSR count). The predicted molar refractivity (Wildman–Crippen MR) is 78.6 cm³/mol. The molecule has 6 heteroatoms. The fraction of sp³-hybridized carbons (Fsp3) is 0.231. The van der Waals surface area contributed by atoms with E-state index in [9.17, 15) is 14.7 Å². The van der Waals surface area contributed by atoms with Crippen LogP contribution in [0.3, 0.4) is 0 Å². The first-order valence-corrected chi connectivity index (χ1v) is 6.79. The Balaban J connectivity index is 2.55. The van der Waals surface area contributed by atoms with E-state index in [1.807, 2.05) is 6.07 Å². The molecule has 1 heterocycles. The standard InChI is InChI=1S/C13H12INO4/c1-2-19-13(18)9-6-11(16)15-10-4-3-7(14)5-8(10)12(9)17/h3-5,17H,2,6H2,1H3,(H,15,16). The number of benzene rings is 1. The van der Waals surface area contributed by atoms with Crippen molar-refractivity contribution in [3.8, 4) is 0 Å². The predicted octanol–water partition coefficient (Wildman–Crippen LogP) is 2.47. The number of hydrogen-bond acceptors (Lipinski definition) is 4. The van der Waals surface area contributed by atoms with Crippen LogP contribution in [0.2, 0.25) is 0 Å². The number of amides is 1. The molecule has 0 atom stereocenters. The molecule has 100 valence electrons. The van der Waals surface area contributed by atoms with E-state index in [2.05, 4.69) is 27.9 Å². The Hall–Kier alpha value is -1.57. The fourth-order valence-corrected chi connectivity index (χ4v) is 2.30. The molecule has 19 heavy (non-hydrogen) atoms. The third-order valence-corrected chi connectivity index (χ3v) is 3.33. The monoisotopic (exact) mass is 373 g/mol. The van der Waals surface area contributed by atoms with E-state index in [1.165, 1.54) is 0 Å². The van der Waals surface area contributed by atoms with Gasteiger partial charge in [0.05, 0.1) is 24.3 Å². The Morgan fingerprint density at radius 3 is 2.95 bits per heavy atom. The molecule has 5 nitrogen and oxygen atoms in total. The van der Waals surface area contributed by atoms with Crippen LogP contribution in [0.15, 0.2) is 23.8 Å². The first-order valence-electron chi connectivity index (χ1n) is 5.72. The van der Waals surface area contributed by atoms with Gasteiger partial charge < -0.3 is 15.2 Å². The topological polar surface area (TPSA) is 75.6 Å². The highest BCUT2D eigenvalue weighted by molar-refractivity contribution is 14.1. The summed E-state index contributed by atoms with van der Waals surface area (Å²) < 4.78 is 5.75. The highest BCUT2D eigenvalue weighted by Crippen LogP contribution is 2.31. The molecule has 0 aromatic heterocycles. The van der Waals surface area contributed by atoms with E-state index in [0.717, 1.165) is 3.57 Å². The van der Waals surface area contributed by atoms with Gasteiger partial charge in [-0.05, 0) is 47.7 Å². The number of hydrogen-bond donors (Lipinski definition) is 2. The number of carbonyl (C=O) groups is 2. The van der Waals surface area contributed by atoms with Crippen LogP contribution < -0.4 is 5.32 Å². The summed E-state index contributed by atoms with van der Waals surface area (Å²) in [5.41, 5.74) is 0.906. The van der Waals surface area contributed by atoms with Crippen LogP contribution in [-0.2, 0) is 14.3 Å². The maximum absolute atomic E-state index is 11.8. The van der Waals surface area contributed by atoms with Crippen molar-refractivity contribution < 1.29 is 19.4 Å². The maximum Gasteiger partial charge on any atom is 0.338 e. The van der Waals surface area contributed by atoms with E-state index >= 15 is 0 Å². The molecule has 0 radical (unpaired) electrons. The van der Waals surface area contributed by atoms with Crippen molar-refractivity contribution in [2.45, 2.75) is 13.3 Å². The molecule has 1 aromatic rings. The van der Waals surface area contributed by atoms with Gasteiger partial charge >= 0.3 is 5.97 Å². The summed E-state index contributed by atoms with van der Waals surface area (Å²) in [6, 6.07) is 5.21. The van der Waals surface area contributed by atoms with Crippen LogP contribution in [0.1, 0.15) is 18.9 Å². The number of aliphatic hydroxyl groups is 1. The van der Waals surface area contributed by atoms with E-state index in [1.54, 1.807) is 19.1 Å². The van der Waals surface area contributed by atoms with E-state index < -0.39 is 5.97 Å². The van der Waals surface area contributed by atoms with Gasteiger partial charge in [-0.25, -0.2) is 4.79 Å². The summed E-state index contributed by atoms with van der Waals surface area (Å²) >= 11 is 2.09. The van der Waals surface area contributed by atoms with E-state index in [4.69, 9.17) is 4.74 Å². The van der Waals surface area contributed by atoms with E-state index in [-0.39, 0.29) is 30.3 Å². The van der Waals surface area contributed by atoms with Crippen LogP contribution in [0.25, 0.3) is 5.76 Å². The summed E-state index contributed by atoms with van der Waals surface area (Å²) in [5, 5.41) is 12.9. The molecule has 1 aliphatic rings. The minimum atomic E-state index is -0.665. The number of esters is 1. The van der Waals surface area contributed by atoms with Crippen LogP contribution in [0.4, 0.5) is 5.69 Å². The number of aliphatic hydroxyl groups excluding tert-OH is 1. The molecular formula is C13H12INO4. The second kappa shape index (κ2) is 5.60. The minimum Gasteiger partial charge on any atom is -0.507 e. The van der Waals surface area contributed by atoms with Gasteiger partial charge in [0.15, 0.2) is 0 Å². The van der Waals surface area contributed by atoms with E-state index in [0.29, 0.717) is 11.3 Å². The zero-order chi connectivity index (χ0) is 14.0. The highest BCUT2D eigenvalue weighted by Gasteiger charge is 2.26. The van der Waals surface area contributed by atoms with Crippen molar-refractivity contribution >= 4 is 45.9 Å². The minimum absolute atomic E-state index is 0.0138. The quantitative estimate of drug-likeness (QED) is 0.617. The zero-order valence-corrected chi connectivity index (χ0v) is 12.4. The van der Waals surface area contributed by atoms with Crippen LogP contribution in [0.5, 0.6) is 0 Å². The van der Waals surface area contributed by atoms with Crippen molar-refractivity contribution in [3.63, 3.8) is 0 Å². The largest absolute Gasteiger partial charge is 0.507 e. The van der Waals surface area contributed by atoms with Crippen molar-refractivity contribution in [3.05, 3.63) is 32.9 Å². The SMILES string of the molecule is CCOC(=O)C1=C(O)c2cc(I)ccc2NC(=O)C1. The molecular weight excluding hydrogens is 361 g/mol. The number of fused-ring (bicyclic) bond motifs is 1. The zero-order valence-electron chi connectivity index (χ0n) is 10.2. The Morgan fingerprint density at radius 2 is 2.26 bits per heavy atom. The molecule has 0 unspecified atom stereocenters. The van der Waals surface area contributed by atoms with Gasteiger partial charge in [-0.1, -0.05) is 0 Å². The maximum atomic E-state index is 11.8. The molecule has 0 saturated carbocycles. The summed E-state index contributed by atoms with van der Waals surface area (Å²) in [7, 11) is 0. The Morgan fingerprint density at radius 1 is 1.53 bits per heavy atom. The molecule has 1 aliphatic heterocycles. The van der Waals surface area contributed by atoms with Gasteiger partial charge in [0, 0.05) is 9.13 Å². The Kier molecular flexibility index (Phi) is 4.08. The van der Waals surface area contributed by atoms with Gasteiger partial charge in [0.2, 0.25) is 5.91 Å². The number of anilines is 1. The smallest absolute Gasteiger partial charge is 0.338 e. The molecule has 1 amide bonds. The summed E-state index contributed by atoms with van der Waals surface area (Å²) in [6.07, 6.45) is -0.198. The van der Waals surface area contributed by atoms with Gasteiger partial charge in [-0.15, -0.1) is 0 Å². The molecule has 2 N–H and O–H groups in total. The third-order valence-electron chi connectivity index (χ3n) is 2.66. The summed E-state index contributed by atoms with van der Waals surface area (Å²) in [4.78, 5) is 23.5. The first-order chi connectivity index (χ1) is 9.02. The van der Waals surface area contributed by atoms with Gasteiger partial charge in [-0.3, -0.25) is 4.79 Å². The molecule has 0 saturated heterocycles. The van der Waals surface area contributed by atoms with Crippen molar-refractivity contribution in [2.24, 2.45) is 0 Å². The Bertz CT molecular complexity index is 580. The van der Waals surface area contributed by atoms with Gasteiger partial charge in [0.25, 0.3) is 0 Å². The fourth-order valence-electron chi connectivity index (χ4n) is 1.81. The van der Waals surface area contributed by atoms with Crippen LogP contribution in [-0.4, -0.2) is 23.6 Å². The van der Waals surface area contributed by atoms with Gasteiger partial charge in [-0.2, -0.15) is 0 Å². The normalized spacial score (nSPS) is 14.5. The number of rotatable bonds is 2. The number of nitrogens with one attached hydrogen (secondary N) is 1. The molecule has 1 aromatic carbocycles. The van der Waals surface area contributed by atoms with Crippen LogP contribution >= 0.6 is 22.6 Å². The van der Waals surface area contributed by atoms with Crippen molar-refractivity contribution in [1.29, 1.82) is 0 Å². The molecule has 0 aliphatic carbocycles. The lowest BCUT2D eigenvalue weighted by Gasteiger charge is -2.08. The number of halogens is 1. The molecule has 0 fully saturated rings. The second-order valence-electron chi connectivity index (χ2n) is 3.96. The molecule has 0 bridgehead atoms. The lowest BCUT2D eigenvalue weighted by Crippen LogP contribution is -2.15.